The number of rotatable bonds is 4. The van der Waals surface area contributed by atoms with Crippen LogP contribution >= 0.6 is 0 Å². The van der Waals surface area contributed by atoms with Crippen molar-refractivity contribution < 1.29 is 27.0 Å². The SMILES string of the molecule is COc1cccc(-n2nc(C)cc2Oc2c(F)c(F)c(C#N)c(F)c2F)c1. The van der Waals surface area contributed by atoms with Gasteiger partial charge < -0.3 is 9.47 Å². The topological polar surface area (TPSA) is 60.1 Å². The predicted octanol–water partition coefficient (Wildman–Crippen LogP) is 4.41. The third kappa shape index (κ3) is 3.17. The standard InChI is InChI=1S/C18H11F4N3O2/c1-9-6-13(25(24-9)10-4-3-5-11(7-10)26-2)27-18-16(21)14(19)12(8-23)15(20)17(18)22/h3-7H,1-2H3. The van der Waals surface area contributed by atoms with Crippen molar-refractivity contribution >= 4 is 0 Å². The molecule has 3 rings (SSSR count). The van der Waals surface area contributed by atoms with Crippen molar-refractivity contribution in [1.29, 1.82) is 5.26 Å². The van der Waals surface area contributed by atoms with E-state index < -0.39 is 34.6 Å². The maximum absolute atomic E-state index is 14.1. The van der Waals surface area contributed by atoms with Crippen molar-refractivity contribution in [3.05, 3.63) is 64.9 Å². The minimum Gasteiger partial charge on any atom is -0.497 e. The van der Waals surface area contributed by atoms with Crippen molar-refractivity contribution in [3.8, 4) is 29.1 Å². The minimum absolute atomic E-state index is 0.193. The van der Waals surface area contributed by atoms with Crippen LogP contribution in [0.1, 0.15) is 11.3 Å². The molecule has 0 saturated carbocycles. The highest BCUT2D eigenvalue weighted by molar-refractivity contribution is 5.45. The van der Waals surface area contributed by atoms with E-state index in [-0.39, 0.29) is 5.88 Å². The highest BCUT2D eigenvalue weighted by Gasteiger charge is 2.28. The number of methoxy groups -OCH3 is 1. The van der Waals surface area contributed by atoms with E-state index in [0.29, 0.717) is 17.1 Å². The zero-order valence-corrected chi connectivity index (χ0v) is 14.1. The summed E-state index contributed by atoms with van der Waals surface area (Å²) in [5.74, 6) is -8.33. The molecule has 1 heterocycles. The fourth-order valence-electron chi connectivity index (χ4n) is 2.38. The Kier molecular flexibility index (Phi) is 4.73. The van der Waals surface area contributed by atoms with Crippen molar-refractivity contribution in [2.24, 2.45) is 0 Å². The molecule has 0 bridgehead atoms. The number of hydrogen-bond acceptors (Lipinski definition) is 4. The molecule has 3 aromatic rings. The smallest absolute Gasteiger partial charge is 0.223 e. The summed E-state index contributed by atoms with van der Waals surface area (Å²) < 4.78 is 67.3. The fraction of sp³-hybridized carbons (Fsp3) is 0.111. The molecule has 2 aromatic carbocycles. The molecule has 0 aliphatic rings. The lowest BCUT2D eigenvalue weighted by molar-refractivity contribution is 0.351. The molecule has 0 unspecified atom stereocenters. The van der Waals surface area contributed by atoms with Crippen LogP contribution in [0.2, 0.25) is 0 Å². The highest BCUT2D eigenvalue weighted by Crippen LogP contribution is 2.34. The van der Waals surface area contributed by atoms with E-state index in [2.05, 4.69) is 5.10 Å². The summed E-state index contributed by atoms with van der Waals surface area (Å²) in [4.78, 5) is 0. The van der Waals surface area contributed by atoms with E-state index in [1.54, 1.807) is 31.2 Å². The lowest BCUT2D eigenvalue weighted by atomic mass is 10.2. The highest BCUT2D eigenvalue weighted by atomic mass is 19.2. The number of halogens is 4. The van der Waals surface area contributed by atoms with Crippen LogP contribution in [0.15, 0.2) is 30.3 Å². The largest absolute Gasteiger partial charge is 0.497 e. The Morgan fingerprint density at radius 2 is 1.70 bits per heavy atom. The molecule has 138 valence electrons. The first-order valence-electron chi connectivity index (χ1n) is 7.52. The molecule has 0 aliphatic carbocycles. The summed E-state index contributed by atoms with van der Waals surface area (Å²) in [6, 6.07) is 8.92. The van der Waals surface area contributed by atoms with E-state index in [9.17, 15) is 17.6 Å². The summed E-state index contributed by atoms with van der Waals surface area (Å²) in [5.41, 5.74) is -0.522. The number of benzene rings is 2. The second kappa shape index (κ2) is 6.99. The van der Waals surface area contributed by atoms with Gasteiger partial charge in [0.2, 0.25) is 23.3 Å². The molecule has 0 amide bonds. The molecule has 0 fully saturated rings. The number of nitrogens with zero attached hydrogens (tertiary/aromatic N) is 3. The van der Waals surface area contributed by atoms with Gasteiger partial charge in [-0.25, -0.2) is 13.5 Å². The van der Waals surface area contributed by atoms with Gasteiger partial charge >= 0.3 is 0 Å². The van der Waals surface area contributed by atoms with E-state index in [0.717, 1.165) is 6.07 Å². The minimum atomic E-state index is -1.84. The van der Waals surface area contributed by atoms with Gasteiger partial charge in [0.25, 0.3) is 0 Å². The summed E-state index contributed by atoms with van der Waals surface area (Å²) in [6.07, 6.45) is 0. The van der Waals surface area contributed by atoms with Crippen molar-refractivity contribution in [2.75, 3.05) is 7.11 Å². The van der Waals surface area contributed by atoms with Crippen LogP contribution in [-0.4, -0.2) is 16.9 Å². The first-order valence-corrected chi connectivity index (χ1v) is 7.52. The summed E-state index contributed by atoms with van der Waals surface area (Å²) in [7, 11) is 1.46. The van der Waals surface area contributed by atoms with E-state index in [1.807, 2.05) is 0 Å². The van der Waals surface area contributed by atoms with Gasteiger partial charge in [-0.1, -0.05) is 6.07 Å². The van der Waals surface area contributed by atoms with Gasteiger partial charge in [-0.05, 0) is 19.1 Å². The molecular weight excluding hydrogens is 366 g/mol. The zero-order chi connectivity index (χ0) is 19.7. The predicted molar refractivity (Wildman–Crippen MR) is 85.9 cm³/mol. The number of hydrogen-bond donors (Lipinski definition) is 0. The lowest BCUT2D eigenvalue weighted by Crippen LogP contribution is -2.06. The zero-order valence-electron chi connectivity index (χ0n) is 14.1. The van der Waals surface area contributed by atoms with Gasteiger partial charge in [-0.3, -0.25) is 0 Å². The molecule has 0 spiro atoms. The Morgan fingerprint density at radius 1 is 1.04 bits per heavy atom. The van der Waals surface area contributed by atoms with E-state index >= 15 is 0 Å². The maximum atomic E-state index is 14.1. The maximum Gasteiger partial charge on any atom is 0.223 e. The fourth-order valence-corrected chi connectivity index (χ4v) is 2.38. The Labute approximate surface area is 151 Å². The molecule has 0 aliphatic heterocycles. The Morgan fingerprint density at radius 3 is 2.30 bits per heavy atom. The van der Waals surface area contributed by atoms with Gasteiger partial charge in [0.05, 0.1) is 18.5 Å². The average molecular weight is 377 g/mol. The van der Waals surface area contributed by atoms with Crippen LogP contribution in [0.4, 0.5) is 17.6 Å². The van der Waals surface area contributed by atoms with Crippen LogP contribution in [0.25, 0.3) is 5.69 Å². The quantitative estimate of drug-likeness (QED) is 0.499. The average Bonchev–Trinajstić information content (AvgIpc) is 3.04. The lowest BCUT2D eigenvalue weighted by Gasteiger charge is -2.12. The molecule has 1 aromatic heterocycles. The third-order valence-electron chi connectivity index (χ3n) is 3.64. The van der Waals surface area contributed by atoms with Gasteiger partial charge in [0.15, 0.2) is 11.6 Å². The summed E-state index contributed by atoms with van der Waals surface area (Å²) in [6.45, 7) is 1.59. The molecule has 27 heavy (non-hydrogen) atoms. The monoisotopic (exact) mass is 377 g/mol. The van der Waals surface area contributed by atoms with E-state index in [1.165, 1.54) is 17.9 Å². The molecule has 0 atom stereocenters. The normalized spacial score (nSPS) is 10.6. The summed E-state index contributed by atoms with van der Waals surface area (Å²) in [5, 5.41) is 12.8. The van der Waals surface area contributed by atoms with Gasteiger partial charge in [-0.15, -0.1) is 0 Å². The molecule has 5 nitrogen and oxygen atoms in total. The first kappa shape index (κ1) is 18.3. The molecule has 0 saturated heterocycles. The van der Waals surface area contributed by atoms with Crippen molar-refractivity contribution in [1.82, 2.24) is 9.78 Å². The Hall–Kier alpha value is -3.54. The molecule has 9 heteroatoms. The third-order valence-corrected chi connectivity index (χ3v) is 3.64. The van der Waals surface area contributed by atoms with Crippen LogP contribution in [0.3, 0.4) is 0 Å². The van der Waals surface area contributed by atoms with Crippen LogP contribution in [0.5, 0.6) is 17.4 Å². The molecule has 0 N–H and O–H groups in total. The first-order chi connectivity index (χ1) is 12.9. The number of aromatic nitrogens is 2. The Balaban J connectivity index is 2.12. The van der Waals surface area contributed by atoms with Crippen LogP contribution < -0.4 is 9.47 Å². The number of ether oxygens (including phenoxy) is 2. The van der Waals surface area contributed by atoms with Gasteiger partial charge in [-0.2, -0.15) is 19.1 Å². The molecule has 0 radical (unpaired) electrons. The van der Waals surface area contributed by atoms with Gasteiger partial charge in [0.1, 0.15) is 17.4 Å². The van der Waals surface area contributed by atoms with Crippen molar-refractivity contribution in [3.63, 3.8) is 0 Å². The van der Waals surface area contributed by atoms with E-state index in [4.69, 9.17) is 14.7 Å². The second-order valence-corrected chi connectivity index (χ2v) is 5.41. The second-order valence-electron chi connectivity index (χ2n) is 5.41. The van der Waals surface area contributed by atoms with Gasteiger partial charge in [0, 0.05) is 12.1 Å². The molecular formula is C18H11F4N3O2. The van der Waals surface area contributed by atoms with Crippen LogP contribution in [0, 0.1) is 41.5 Å². The van der Waals surface area contributed by atoms with Crippen LogP contribution in [-0.2, 0) is 0 Å². The van der Waals surface area contributed by atoms with Crippen molar-refractivity contribution in [2.45, 2.75) is 6.92 Å². The number of aryl methyl sites for hydroxylation is 1. The summed E-state index contributed by atoms with van der Waals surface area (Å²) >= 11 is 0. The number of nitriles is 1. The Bertz CT molecular complexity index is 1040.